The topological polar surface area (TPSA) is 74.1 Å². The van der Waals surface area contributed by atoms with Gasteiger partial charge < -0.3 is 10.1 Å². The molecule has 0 aliphatic carbocycles. The summed E-state index contributed by atoms with van der Waals surface area (Å²) in [5.74, 6) is 3.03. The van der Waals surface area contributed by atoms with Crippen molar-refractivity contribution in [2.45, 2.75) is 55.5 Å². The van der Waals surface area contributed by atoms with E-state index in [1.807, 2.05) is 26.0 Å². The zero-order valence-corrected chi connectivity index (χ0v) is 22.6. The molecule has 0 saturated carbocycles. The maximum Gasteiger partial charge on any atom is 0.238 e. The van der Waals surface area contributed by atoms with Crippen LogP contribution in [-0.2, 0) is 13.0 Å². The van der Waals surface area contributed by atoms with Crippen LogP contribution in [0.5, 0.6) is 11.6 Å². The summed E-state index contributed by atoms with van der Waals surface area (Å²) in [6.07, 6.45) is 5.15. The van der Waals surface area contributed by atoms with Crippen molar-refractivity contribution in [2.24, 2.45) is 0 Å². The van der Waals surface area contributed by atoms with Crippen LogP contribution in [-0.4, -0.2) is 46.0 Å². The standard InChI is InChI=1S/C28H31N5OS2/c1-18-14-21(16-29)15-19(2)25(18)34-27-26-24(10-13-36-26)31-28(32-27)30-22-8-11-33(12-9-22)17-20-4-6-23(35-3)7-5-20/h4-7,14-15,22H,8-13,17H2,1-3H3,(H,30,31,32). The number of ether oxygens (including phenoxy) is 1. The molecule has 0 atom stereocenters. The van der Waals surface area contributed by atoms with Crippen LogP contribution in [0, 0.1) is 25.2 Å². The van der Waals surface area contributed by atoms with Crippen LogP contribution in [0.15, 0.2) is 46.2 Å². The Kier molecular flexibility index (Phi) is 7.70. The third-order valence-electron chi connectivity index (χ3n) is 6.76. The van der Waals surface area contributed by atoms with Gasteiger partial charge in [-0.2, -0.15) is 10.2 Å². The van der Waals surface area contributed by atoms with E-state index < -0.39 is 0 Å². The van der Waals surface area contributed by atoms with Gasteiger partial charge in [0.2, 0.25) is 11.8 Å². The Labute approximate surface area is 221 Å². The van der Waals surface area contributed by atoms with Crippen molar-refractivity contribution in [1.29, 1.82) is 5.26 Å². The molecule has 3 aromatic rings. The molecule has 3 heterocycles. The molecule has 0 radical (unpaired) electrons. The smallest absolute Gasteiger partial charge is 0.238 e. The average molecular weight is 518 g/mol. The average Bonchev–Trinajstić information content (AvgIpc) is 3.36. The van der Waals surface area contributed by atoms with Gasteiger partial charge in [-0.05, 0) is 73.9 Å². The first-order valence-corrected chi connectivity index (χ1v) is 14.6. The molecule has 2 aromatic carbocycles. The lowest BCUT2D eigenvalue weighted by Crippen LogP contribution is -2.39. The number of benzene rings is 2. The Morgan fingerprint density at radius 1 is 1.14 bits per heavy atom. The molecule has 5 rings (SSSR count). The van der Waals surface area contributed by atoms with E-state index in [0.717, 1.165) is 72.1 Å². The molecule has 1 aromatic heterocycles. The Balaban J connectivity index is 1.26. The van der Waals surface area contributed by atoms with Gasteiger partial charge in [0.25, 0.3) is 0 Å². The minimum absolute atomic E-state index is 0.346. The van der Waals surface area contributed by atoms with E-state index in [0.29, 0.717) is 23.4 Å². The molecule has 1 fully saturated rings. The number of rotatable bonds is 7. The number of aromatic nitrogens is 2. The summed E-state index contributed by atoms with van der Waals surface area (Å²) in [4.78, 5) is 14.5. The molecular formula is C28H31N5OS2. The van der Waals surface area contributed by atoms with Gasteiger partial charge in [-0.3, -0.25) is 4.90 Å². The first kappa shape index (κ1) is 24.9. The highest BCUT2D eigenvalue weighted by Crippen LogP contribution is 2.41. The van der Waals surface area contributed by atoms with Gasteiger partial charge in [-0.25, -0.2) is 4.98 Å². The highest BCUT2D eigenvalue weighted by Gasteiger charge is 2.25. The van der Waals surface area contributed by atoms with Gasteiger partial charge in [-0.15, -0.1) is 23.5 Å². The molecule has 1 N–H and O–H groups in total. The second-order valence-electron chi connectivity index (χ2n) is 9.42. The monoisotopic (exact) mass is 517 g/mol. The Hall–Kier alpha value is -2.73. The summed E-state index contributed by atoms with van der Waals surface area (Å²) < 4.78 is 6.38. The van der Waals surface area contributed by atoms with E-state index in [-0.39, 0.29) is 0 Å². The molecule has 1 saturated heterocycles. The van der Waals surface area contributed by atoms with Crippen molar-refractivity contribution < 1.29 is 4.74 Å². The fourth-order valence-corrected chi connectivity index (χ4v) is 6.28. The predicted molar refractivity (Wildman–Crippen MR) is 147 cm³/mol. The molecule has 2 aliphatic heterocycles. The third kappa shape index (κ3) is 5.64. The minimum Gasteiger partial charge on any atom is -0.437 e. The van der Waals surface area contributed by atoms with Crippen LogP contribution < -0.4 is 10.1 Å². The Morgan fingerprint density at radius 3 is 2.53 bits per heavy atom. The molecule has 6 nitrogen and oxygen atoms in total. The van der Waals surface area contributed by atoms with Crippen molar-refractivity contribution in [2.75, 3.05) is 30.4 Å². The van der Waals surface area contributed by atoms with Gasteiger partial charge >= 0.3 is 0 Å². The van der Waals surface area contributed by atoms with E-state index >= 15 is 0 Å². The highest BCUT2D eigenvalue weighted by molar-refractivity contribution is 7.99. The quantitative estimate of drug-likeness (QED) is 0.371. The second kappa shape index (κ2) is 11.1. The van der Waals surface area contributed by atoms with E-state index in [1.54, 1.807) is 23.5 Å². The predicted octanol–water partition coefficient (Wildman–Crippen LogP) is 6.20. The lowest BCUT2D eigenvalue weighted by molar-refractivity contribution is 0.211. The number of piperidine rings is 1. The van der Waals surface area contributed by atoms with Gasteiger partial charge in [0, 0.05) is 42.7 Å². The molecule has 8 heteroatoms. The van der Waals surface area contributed by atoms with Gasteiger partial charge in [0.1, 0.15) is 5.75 Å². The van der Waals surface area contributed by atoms with Crippen LogP contribution >= 0.6 is 23.5 Å². The number of anilines is 1. The van der Waals surface area contributed by atoms with Gasteiger partial charge in [0.05, 0.1) is 22.2 Å². The first-order chi connectivity index (χ1) is 17.5. The van der Waals surface area contributed by atoms with Crippen molar-refractivity contribution in [1.82, 2.24) is 14.9 Å². The van der Waals surface area contributed by atoms with E-state index in [2.05, 4.69) is 46.8 Å². The number of likely N-dealkylation sites (tertiary alicyclic amines) is 1. The third-order valence-corrected chi connectivity index (χ3v) is 8.61. The number of hydrogen-bond donors (Lipinski definition) is 1. The molecule has 0 bridgehead atoms. The summed E-state index contributed by atoms with van der Waals surface area (Å²) in [6, 6.07) is 15.2. The van der Waals surface area contributed by atoms with E-state index in [9.17, 15) is 5.26 Å². The lowest BCUT2D eigenvalue weighted by Gasteiger charge is -2.32. The summed E-state index contributed by atoms with van der Waals surface area (Å²) >= 11 is 3.53. The summed E-state index contributed by atoms with van der Waals surface area (Å²) in [6.45, 7) is 7.05. The van der Waals surface area contributed by atoms with Crippen LogP contribution in [0.25, 0.3) is 0 Å². The van der Waals surface area contributed by atoms with Crippen molar-refractivity contribution in [3.8, 4) is 17.7 Å². The maximum absolute atomic E-state index is 9.27. The van der Waals surface area contributed by atoms with Crippen LogP contribution in [0.3, 0.4) is 0 Å². The maximum atomic E-state index is 9.27. The molecule has 36 heavy (non-hydrogen) atoms. The fraction of sp³-hybridized carbons (Fsp3) is 0.393. The number of hydrogen-bond acceptors (Lipinski definition) is 8. The second-order valence-corrected chi connectivity index (χ2v) is 11.4. The first-order valence-electron chi connectivity index (χ1n) is 12.4. The Morgan fingerprint density at radius 2 is 1.86 bits per heavy atom. The van der Waals surface area contributed by atoms with E-state index in [1.165, 1.54) is 10.5 Å². The number of aryl methyl sites for hydroxylation is 3. The molecule has 2 aliphatic rings. The Bertz CT molecular complexity index is 1260. The number of nitrogens with zero attached hydrogens (tertiary/aromatic N) is 4. The van der Waals surface area contributed by atoms with Crippen molar-refractivity contribution in [3.05, 3.63) is 64.3 Å². The summed E-state index contributed by atoms with van der Waals surface area (Å²) in [5.41, 5.74) is 4.94. The molecule has 0 amide bonds. The van der Waals surface area contributed by atoms with Crippen LogP contribution in [0.2, 0.25) is 0 Å². The summed E-state index contributed by atoms with van der Waals surface area (Å²) in [7, 11) is 0. The number of fused-ring (bicyclic) bond motifs is 1. The molecule has 0 unspecified atom stereocenters. The SMILES string of the molecule is CSc1ccc(CN2CCC(Nc3nc4c(c(Oc5c(C)cc(C#N)cc5C)n3)SCC4)CC2)cc1. The van der Waals surface area contributed by atoms with Crippen molar-refractivity contribution in [3.63, 3.8) is 0 Å². The summed E-state index contributed by atoms with van der Waals surface area (Å²) in [5, 5.41) is 12.9. The van der Waals surface area contributed by atoms with Gasteiger partial charge in [0.15, 0.2) is 0 Å². The van der Waals surface area contributed by atoms with Crippen molar-refractivity contribution >= 4 is 29.5 Å². The van der Waals surface area contributed by atoms with Crippen LogP contribution in [0.4, 0.5) is 5.95 Å². The molecule has 186 valence electrons. The highest BCUT2D eigenvalue weighted by atomic mass is 32.2. The number of thioether (sulfide) groups is 2. The zero-order chi connectivity index (χ0) is 25.1. The fourth-order valence-electron chi connectivity index (χ4n) is 4.85. The van der Waals surface area contributed by atoms with Gasteiger partial charge in [-0.1, -0.05) is 12.1 Å². The molecular weight excluding hydrogens is 486 g/mol. The largest absolute Gasteiger partial charge is 0.437 e. The number of nitrogens with one attached hydrogen (secondary N) is 1. The van der Waals surface area contributed by atoms with Crippen LogP contribution in [0.1, 0.15) is 40.8 Å². The minimum atomic E-state index is 0.346. The zero-order valence-electron chi connectivity index (χ0n) is 21.0. The van der Waals surface area contributed by atoms with E-state index in [4.69, 9.17) is 14.7 Å². The lowest BCUT2D eigenvalue weighted by atomic mass is 10.0. The molecule has 0 spiro atoms. The normalized spacial score (nSPS) is 15.9. The number of nitriles is 1.